The fraction of sp³-hybridized carbons (Fsp3) is 0.667. The third-order valence-electron chi connectivity index (χ3n) is 7.09. The standard InChI is InChI=1S/C18H21NO4/c1-19-6-5-18-11-8-3-4-10(21-2)14(11)23-17(18)13(20)16-15(22-16)12(18)9(19)7-8/h3-4,9,12-13,15-17,20H,5-7H2,1-2H3/t9?,12-,13+,15-,16+,17+,18-/m1/s1. The van der Waals surface area contributed by atoms with Crippen molar-refractivity contribution in [3.8, 4) is 11.5 Å². The molecule has 2 aliphatic carbocycles. The van der Waals surface area contributed by atoms with Gasteiger partial charge in [0.15, 0.2) is 11.5 Å². The van der Waals surface area contributed by atoms with Gasteiger partial charge in [-0.05, 0) is 38.1 Å². The van der Waals surface area contributed by atoms with Crippen LogP contribution in [-0.4, -0.2) is 61.2 Å². The second-order valence-electron chi connectivity index (χ2n) is 7.79. The highest BCUT2D eigenvalue weighted by molar-refractivity contribution is 5.62. The zero-order valence-corrected chi connectivity index (χ0v) is 13.4. The maximum Gasteiger partial charge on any atom is 0.165 e. The van der Waals surface area contributed by atoms with Crippen LogP contribution >= 0.6 is 0 Å². The molecule has 1 N–H and O–H groups in total. The van der Waals surface area contributed by atoms with Crippen molar-refractivity contribution in [3.05, 3.63) is 23.3 Å². The number of nitrogens with zero attached hydrogens (tertiary/aromatic N) is 1. The van der Waals surface area contributed by atoms with E-state index in [0.29, 0.717) is 12.0 Å². The minimum atomic E-state index is -0.539. The van der Waals surface area contributed by atoms with Crippen LogP contribution in [0.15, 0.2) is 12.1 Å². The van der Waals surface area contributed by atoms with Crippen molar-refractivity contribution in [2.45, 2.75) is 48.7 Å². The van der Waals surface area contributed by atoms with Crippen LogP contribution in [0.1, 0.15) is 17.5 Å². The largest absolute Gasteiger partial charge is 0.493 e. The van der Waals surface area contributed by atoms with Gasteiger partial charge < -0.3 is 24.2 Å². The van der Waals surface area contributed by atoms with E-state index in [0.717, 1.165) is 30.9 Å². The van der Waals surface area contributed by atoms with Crippen LogP contribution in [0.4, 0.5) is 0 Å². The number of likely N-dealkylation sites (tertiary alicyclic amines) is 1. The van der Waals surface area contributed by atoms with Gasteiger partial charge in [0.1, 0.15) is 18.3 Å². The highest BCUT2D eigenvalue weighted by Crippen LogP contribution is 2.66. The molecule has 1 unspecified atom stereocenters. The molecular weight excluding hydrogens is 294 g/mol. The normalized spacial score (nSPS) is 48.3. The van der Waals surface area contributed by atoms with Crippen LogP contribution in [0.5, 0.6) is 11.5 Å². The van der Waals surface area contributed by atoms with E-state index >= 15 is 0 Å². The van der Waals surface area contributed by atoms with E-state index in [9.17, 15) is 5.11 Å². The molecule has 5 heteroatoms. The Balaban J connectivity index is 1.66. The number of aliphatic hydroxyl groups is 1. The number of fused-ring (bicyclic) bond motifs is 1. The van der Waals surface area contributed by atoms with Gasteiger partial charge in [0.05, 0.1) is 13.2 Å². The summed E-state index contributed by atoms with van der Waals surface area (Å²) in [6, 6.07) is 4.69. The summed E-state index contributed by atoms with van der Waals surface area (Å²) >= 11 is 0. The van der Waals surface area contributed by atoms with Crippen LogP contribution in [0.3, 0.4) is 0 Å². The molecule has 3 aliphatic heterocycles. The summed E-state index contributed by atoms with van der Waals surface area (Å²) in [6.45, 7) is 1.04. The molecule has 1 aromatic rings. The highest BCUT2D eigenvalue weighted by atomic mass is 16.6. The molecule has 7 atom stereocenters. The number of methoxy groups -OCH3 is 1. The maximum atomic E-state index is 10.8. The second kappa shape index (κ2) is 3.85. The lowest BCUT2D eigenvalue weighted by molar-refractivity contribution is -0.0837. The summed E-state index contributed by atoms with van der Waals surface area (Å²) < 4.78 is 17.9. The first-order valence-corrected chi connectivity index (χ1v) is 8.57. The van der Waals surface area contributed by atoms with Crippen LogP contribution in [-0.2, 0) is 16.6 Å². The van der Waals surface area contributed by atoms with Gasteiger partial charge in [-0.2, -0.15) is 0 Å². The van der Waals surface area contributed by atoms with Gasteiger partial charge in [-0.25, -0.2) is 0 Å². The third kappa shape index (κ3) is 1.26. The lowest BCUT2D eigenvalue weighted by Crippen LogP contribution is -2.68. The SMILES string of the molecule is COc1ccc2c3c1O[C@H]1[C@@H](O)[C@@H]4O[C@@H]4[C@H]4C(C2)N(C)CC[C@@]341. The fourth-order valence-corrected chi connectivity index (χ4v) is 6.14. The lowest BCUT2D eigenvalue weighted by atomic mass is 9.51. The molecule has 1 spiro atoms. The van der Waals surface area contributed by atoms with Crippen LogP contribution in [0.25, 0.3) is 0 Å². The van der Waals surface area contributed by atoms with E-state index < -0.39 is 6.10 Å². The second-order valence-corrected chi connectivity index (χ2v) is 7.79. The predicted octanol–water partition coefficient (Wildman–Crippen LogP) is 0.712. The molecule has 3 heterocycles. The van der Waals surface area contributed by atoms with Gasteiger partial charge in [-0.1, -0.05) is 6.07 Å². The molecule has 3 fully saturated rings. The van der Waals surface area contributed by atoms with Crippen molar-refractivity contribution < 1.29 is 19.3 Å². The molecule has 5 nitrogen and oxygen atoms in total. The molecule has 1 saturated carbocycles. The Morgan fingerprint density at radius 1 is 1.35 bits per heavy atom. The summed E-state index contributed by atoms with van der Waals surface area (Å²) in [7, 11) is 3.91. The highest BCUT2D eigenvalue weighted by Gasteiger charge is 2.75. The average Bonchev–Trinajstić information content (AvgIpc) is 3.27. The van der Waals surface area contributed by atoms with Crippen molar-refractivity contribution in [2.24, 2.45) is 5.92 Å². The van der Waals surface area contributed by atoms with Crippen molar-refractivity contribution in [2.75, 3.05) is 20.7 Å². The number of likely N-dealkylation sites (N-methyl/N-ethyl adjacent to an activating group) is 1. The van der Waals surface area contributed by atoms with E-state index in [1.807, 2.05) is 6.07 Å². The fourth-order valence-electron chi connectivity index (χ4n) is 6.14. The first-order valence-electron chi connectivity index (χ1n) is 8.57. The number of rotatable bonds is 1. The quantitative estimate of drug-likeness (QED) is 0.774. The van der Waals surface area contributed by atoms with Crippen LogP contribution in [0.2, 0.25) is 0 Å². The number of epoxide rings is 1. The minimum absolute atomic E-state index is 0.0472. The first kappa shape index (κ1) is 13.0. The molecule has 2 saturated heterocycles. The monoisotopic (exact) mass is 315 g/mol. The topological polar surface area (TPSA) is 54.5 Å². The maximum absolute atomic E-state index is 10.8. The van der Waals surface area contributed by atoms with Gasteiger partial charge in [-0.15, -0.1) is 0 Å². The molecule has 0 aromatic heterocycles. The molecule has 23 heavy (non-hydrogen) atoms. The lowest BCUT2D eigenvalue weighted by Gasteiger charge is -2.57. The average molecular weight is 315 g/mol. The first-order chi connectivity index (χ1) is 11.2. The summed E-state index contributed by atoms with van der Waals surface area (Å²) in [6.07, 6.45) is 1.46. The number of aliphatic hydroxyl groups excluding tert-OH is 1. The Kier molecular flexibility index (Phi) is 2.18. The summed E-state index contributed by atoms with van der Waals surface area (Å²) in [5.74, 6) is 2.09. The Morgan fingerprint density at radius 3 is 3.04 bits per heavy atom. The van der Waals surface area contributed by atoms with E-state index in [1.54, 1.807) is 7.11 Å². The van der Waals surface area contributed by atoms with Crippen molar-refractivity contribution in [1.29, 1.82) is 0 Å². The molecule has 122 valence electrons. The Morgan fingerprint density at radius 2 is 2.22 bits per heavy atom. The van der Waals surface area contributed by atoms with E-state index in [-0.39, 0.29) is 23.7 Å². The van der Waals surface area contributed by atoms with Crippen molar-refractivity contribution in [1.82, 2.24) is 4.90 Å². The summed E-state index contributed by atoms with van der Waals surface area (Å²) in [4.78, 5) is 2.48. The van der Waals surface area contributed by atoms with E-state index in [1.165, 1.54) is 11.1 Å². The van der Waals surface area contributed by atoms with Crippen LogP contribution in [0, 0.1) is 5.92 Å². The van der Waals surface area contributed by atoms with Crippen molar-refractivity contribution in [3.63, 3.8) is 0 Å². The summed E-state index contributed by atoms with van der Waals surface area (Å²) in [5.41, 5.74) is 2.57. The van der Waals surface area contributed by atoms with Crippen molar-refractivity contribution >= 4 is 0 Å². The Bertz CT molecular complexity index is 721. The van der Waals surface area contributed by atoms with Gasteiger partial charge in [-0.3, -0.25) is 0 Å². The molecule has 5 aliphatic rings. The molecule has 6 rings (SSSR count). The minimum Gasteiger partial charge on any atom is -0.493 e. The van der Waals surface area contributed by atoms with Gasteiger partial charge in [0, 0.05) is 22.9 Å². The zero-order chi connectivity index (χ0) is 15.5. The zero-order valence-electron chi connectivity index (χ0n) is 13.4. The number of hydrogen-bond donors (Lipinski definition) is 1. The molecule has 2 bridgehead atoms. The molecule has 1 aromatic carbocycles. The number of hydrogen-bond acceptors (Lipinski definition) is 5. The summed E-state index contributed by atoms with van der Waals surface area (Å²) in [5, 5.41) is 10.8. The molecule has 0 amide bonds. The molecular formula is C18H21NO4. The molecule has 0 radical (unpaired) electrons. The Labute approximate surface area is 135 Å². The smallest absolute Gasteiger partial charge is 0.165 e. The predicted molar refractivity (Wildman–Crippen MR) is 82.0 cm³/mol. The third-order valence-corrected chi connectivity index (χ3v) is 7.09. The van der Waals surface area contributed by atoms with Gasteiger partial charge in [0.25, 0.3) is 0 Å². The van der Waals surface area contributed by atoms with E-state index in [2.05, 4.69) is 18.0 Å². The number of benzene rings is 1. The van der Waals surface area contributed by atoms with E-state index in [4.69, 9.17) is 14.2 Å². The number of piperidine rings is 1. The van der Waals surface area contributed by atoms with Gasteiger partial charge >= 0.3 is 0 Å². The Hall–Kier alpha value is -1.30. The van der Waals surface area contributed by atoms with Gasteiger partial charge in [0.2, 0.25) is 0 Å². The number of ether oxygens (including phenoxy) is 3. The van der Waals surface area contributed by atoms with Crippen LogP contribution < -0.4 is 9.47 Å².